The standard InChI is InChI=1S/C6H9NS/c1-5-2-6(5)3-7-4-8/h5-6H,2-3H2,1H3. The van der Waals surface area contributed by atoms with E-state index in [4.69, 9.17) is 0 Å². The molecule has 0 aromatic carbocycles. The molecule has 0 spiro atoms. The average Bonchev–Trinajstić information content (AvgIpc) is 2.42. The third-order valence-electron chi connectivity index (χ3n) is 1.67. The number of hydrogen-bond donors (Lipinski definition) is 0. The van der Waals surface area contributed by atoms with Crippen molar-refractivity contribution in [2.24, 2.45) is 16.8 Å². The fourth-order valence-electron chi connectivity index (χ4n) is 0.808. The minimum absolute atomic E-state index is 0.824. The lowest BCUT2D eigenvalue weighted by Gasteiger charge is -1.81. The molecule has 0 aromatic rings. The van der Waals surface area contributed by atoms with Crippen molar-refractivity contribution in [1.29, 1.82) is 0 Å². The Kier molecular flexibility index (Phi) is 1.77. The van der Waals surface area contributed by atoms with E-state index in [1.165, 1.54) is 6.42 Å². The Labute approximate surface area is 54.8 Å². The van der Waals surface area contributed by atoms with Crippen LogP contribution in [0.1, 0.15) is 13.3 Å². The molecule has 0 radical (unpaired) electrons. The SMILES string of the molecule is CC1CC1CN=C=S. The first kappa shape index (κ1) is 5.93. The quantitative estimate of drug-likeness (QED) is 0.406. The van der Waals surface area contributed by atoms with Crippen LogP contribution in [-0.4, -0.2) is 11.7 Å². The van der Waals surface area contributed by atoms with Crippen molar-refractivity contribution in [2.75, 3.05) is 6.54 Å². The summed E-state index contributed by atoms with van der Waals surface area (Å²) in [5, 5.41) is 2.37. The van der Waals surface area contributed by atoms with Gasteiger partial charge in [-0.15, -0.1) is 0 Å². The van der Waals surface area contributed by atoms with Crippen molar-refractivity contribution < 1.29 is 0 Å². The Morgan fingerprint density at radius 2 is 2.50 bits per heavy atom. The van der Waals surface area contributed by atoms with Crippen molar-refractivity contribution >= 4 is 17.4 Å². The molecule has 0 amide bonds. The minimum atomic E-state index is 0.824. The average molecular weight is 127 g/mol. The highest BCUT2D eigenvalue weighted by molar-refractivity contribution is 7.78. The van der Waals surface area contributed by atoms with E-state index in [1.54, 1.807) is 0 Å². The first-order chi connectivity index (χ1) is 3.84. The van der Waals surface area contributed by atoms with Crippen LogP contribution in [-0.2, 0) is 0 Å². The monoisotopic (exact) mass is 127 g/mol. The van der Waals surface area contributed by atoms with Crippen molar-refractivity contribution in [3.8, 4) is 0 Å². The van der Waals surface area contributed by atoms with Gasteiger partial charge in [0.1, 0.15) is 0 Å². The van der Waals surface area contributed by atoms with Crippen molar-refractivity contribution in [3.05, 3.63) is 0 Å². The van der Waals surface area contributed by atoms with Crippen LogP contribution in [0.3, 0.4) is 0 Å². The molecule has 0 aliphatic heterocycles. The van der Waals surface area contributed by atoms with E-state index in [2.05, 4.69) is 29.3 Å². The molecular formula is C6H9NS. The van der Waals surface area contributed by atoms with Gasteiger partial charge >= 0.3 is 0 Å². The molecule has 1 nitrogen and oxygen atoms in total. The number of thiocarbonyl (C=S) groups is 1. The second kappa shape index (κ2) is 2.38. The van der Waals surface area contributed by atoms with Crippen LogP contribution in [0.2, 0.25) is 0 Å². The van der Waals surface area contributed by atoms with Crippen LogP contribution < -0.4 is 0 Å². The van der Waals surface area contributed by atoms with E-state index >= 15 is 0 Å². The Morgan fingerprint density at radius 1 is 1.88 bits per heavy atom. The maximum Gasteiger partial charge on any atom is 0.0585 e. The highest BCUT2D eigenvalue weighted by atomic mass is 32.1. The van der Waals surface area contributed by atoms with Gasteiger partial charge in [0.15, 0.2) is 0 Å². The summed E-state index contributed by atoms with van der Waals surface area (Å²) in [6.07, 6.45) is 1.33. The summed E-state index contributed by atoms with van der Waals surface area (Å²) in [6.45, 7) is 3.15. The molecule has 2 atom stereocenters. The second-order valence-corrected chi connectivity index (χ2v) is 2.59. The maximum absolute atomic E-state index is 4.42. The lowest BCUT2D eigenvalue weighted by molar-refractivity contribution is 0.765. The molecule has 1 saturated carbocycles. The van der Waals surface area contributed by atoms with E-state index < -0.39 is 0 Å². The summed E-state index contributed by atoms with van der Waals surface area (Å²) in [5.41, 5.74) is 0. The summed E-state index contributed by atoms with van der Waals surface area (Å²) in [7, 11) is 0. The van der Waals surface area contributed by atoms with E-state index in [-0.39, 0.29) is 0 Å². The number of nitrogens with zero attached hydrogens (tertiary/aromatic N) is 1. The fourth-order valence-corrected chi connectivity index (χ4v) is 0.883. The van der Waals surface area contributed by atoms with Gasteiger partial charge in [0, 0.05) is 0 Å². The maximum atomic E-state index is 4.42. The highest BCUT2D eigenvalue weighted by Crippen LogP contribution is 2.37. The molecule has 1 rings (SSSR count). The van der Waals surface area contributed by atoms with Gasteiger partial charge in [0.25, 0.3) is 0 Å². The Balaban J connectivity index is 2.13. The third-order valence-corrected chi connectivity index (χ3v) is 1.80. The van der Waals surface area contributed by atoms with Gasteiger partial charge in [-0.3, -0.25) is 0 Å². The first-order valence-corrected chi connectivity index (χ1v) is 3.29. The summed E-state index contributed by atoms with van der Waals surface area (Å²) in [4.78, 5) is 3.85. The first-order valence-electron chi connectivity index (χ1n) is 2.88. The Hall–Kier alpha value is -0.200. The predicted molar refractivity (Wildman–Crippen MR) is 37.2 cm³/mol. The van der Waals surface area contributed by atoms with Crippen LogP contribution >= 0.6 is 12.2 Å². The lowest BCUT2D eigenvalue weighted by atomic mass is 10.3. The number of isothiocyanates is 1. The molecule has 2 unspecified atom stereocenters. The summed E-state index contributed by atoms with van der Waals surface area (Å²) in [5.74, 6) is 1.72. The van der Waals surface area contributed by atoms with Gasteiger partial charge < -0.3 is 0 Å². The van der Waals surface area contributed by atoms with Crippen LogP contribution in [0.25, 0.3) is 0 Å². The molecule has 1 aliphatic carbocycles. The molecule has 0 bridgehead atoms. The fraction of sp³-hybridized carbons (Fsp3) is 0.833. The molecule has 0 saturated heterocycles. The minimum Gasteiger partial charge on any atom is -0.232 e. The number of hydrogen-bond acceptors (Lipinski definition) is 2. The van der Waals surface area contributed by atoms with Gasteiger partial charge in [-0.05, 0) is 30.5 Å². The van der Waals surface area contributed by atoms with Crippen LogP contribution in [0.5, 0.6) is 0 Å². The summed E-state index contributed by atoms with van der Waals surface area (Å²) >= 11 is 4.42. The molecule has 0 N–H and O–H groups in total. The molecule has 1 fully saturated rings. The normalized spacial score (nSPS) is 33.6. The van der Waals surface area contributed by atoms with Crippen molar-refractivity contribution in [1.82, 2.24) is 0 Å². The molecule has 44 valence electrons. The van der Waals surface area contributed by atoms with Gasteiger partial charge in [0.05, 0.1) is 11.7 Å². The lowest BCUT2D eigenvalue weighted by Crippen LogP contribution is -1.81. The molecule has 0 heterocycles. The molecule has 8 heavy (non-hydrogen) atoms. The van der Waals surface area contributed by atoms with E-state index in [0.717, 1.165) is 18.4 Å². The second-order valence-electron chi connectivity index (χ2n) is 2.41. The largest absolute Gasteiger partial charge is 0.232 e. The van der Waals surface area contributed by atoms with Crippen LogP contribution in [0, 0.1) is 11.8 Å². The van der Waals surface area contributed by atoms with E-state index in [0.29, 0.717) is 0 Å². The number of rotatable bonds is 2. The van der Waals surface area contributed by atoms with Gasteiger partial charge in [-0.25, -0.2) is 4.99 Å². The third kappa shape index (κ3) is 1.39. The Morgan fingerprint density at radius 3 is 2.88 bits per heavy atom. The zero-order chi connectivity index (χ0) is 5.98. The Bertz CT molecular complexity index is 126. The number of aliphatic imine (C=N–C) groups is 1. The van der Waals surface area contributed by atoms with Crippen molar-refractivity contribution in [2.45, 2.75) is 13.3 Å². The molecule has 1 aliphatic rings. The van der Waals surface area contributed by atoms with Gasteiger partial charge in [-0.2, -0.15) is 0 Å². The molecule has 0 aromatic heterocycles. The smallest absolute Gasteiger partial charge is 0.0585 e. The van der Waals surface area contributed by atoms with Crippen molar-refractivity contribution in [3.63, 3.8) is 0 Å². The summed E-state index contributed by atoms with van der Waals surface area (Å²) < 4.78 is 0. The van der Waals surface area contributed by atoms with Crippen LogP contribution in [0.15, 0.2) is 4.99 Å². The highest BCUT2D eigenvalue weighted by Gasteiger charge is 2.31. The topological polar surface area (TPSA) is 12.4 Å². The van der Waals surface area contributed by atoms with Gasteiger partial charge in [-0.1, -0.05) is 6.92 Å². The zero-order valence-electron chi connectivity index (χ0n) is 4.92. The van der Waals surface area contributed by atoms with E-state index in [9.17, 15) is 0 Å². The molecular weight excluding hydrogens is 118 g/mol. The summed E-state index contributed by atoms with van der Waals surface area (Å²) in [6, 6.07) is 0. The van der Waals surface area contributed by atoms with Crippen LogP contribution in [0.4, 0.5) is 0 Å². The predicted octanol–water partition coefficient (Wildman–Crippen LogP) is 1.75. The zero-order valence-corrected chi connectivity index (χ0v) is 5.74. The van der Waals surface area contributed by atoms with Gasteiger partial charge in [0.2, 0.25) is 0 Å². The van der Waals surface area contributed by atoms with E-state index in [1.807, 2.05) is 0 Å². The molecule has 2 heteroatoms.